The average molecular weight is 435 g/mol. The number of morpholine rings is 1. The van der Waals surface area contributed by atoms with Crippen molar-refractivity contribution in [2.75, 3.05) is 56.1 Å². The number of amides is 1. The number of rotatable bonds is 7. The van der Waals surface area contributed by atoms with Gasteiger partial charge in [-0.15, -0.1) is 11.6 Å². The first-order valence-corrected chi connectivity index (χ1v) is 10.1. The number of carbonyl (C=O) groups is 1. The molecule has 3 N–H and O–H groups in total. The molecule has 0 radical (unpaired) electrons. The van der Waals surface area contributed by atoms with Gasteiger partial charge in [0, 0.05) is 25.2 Å². The molecule has 10 nitrogen and oxygen atoms in total. The van der Waals surface area contributed by atoms with Crippen LogP contribution in [0.5, 0.6) is 5.75 Å². The van der Waals surface area contributed by atoms with E-state index in [-0.39, 0.29) is 24.4 Å². The van der Waals surface area contributed by atoms with Gasteiger partial charge in [0.15, 0.2) is 0 Å². The van der Waals surface area contributed by atoms with Gasteiger partial charge in [-0.05, 0) is 12.1 Å². The van der Waals surface area contributed by atoms with Crippen LogP contribution in [0, 0.1) is 0 Å². The SMILES string of the molecule is COc1ccc(N2CCOCC2)c2nc(NC(=O)c3cnn(C(CO)CCl)c3)[nH]c12. The Balaban J connectivity index is 1.60. The normalized spacial score (nSPS) is 15.4. The Hall–Kier alpha value is -2.82. The number of nitrogens with zero attached hydrogens (tertiary/aromatic N) is 4. The maximum atomic E-state index is 12.7. The van der Waals surface area contributed by atoms with Crippen molar-refractivity contribution in [1.82, 2.24) is 19.7 Å². The van der Waals surface area contributed by atoms with Gasteiger partial charge in [0.1, 0.15) is 16.8 Å². The number of carbonyl (C=O) groups excluding carboxylic acids is 1. The summed E-state index contributed by atoms with van der Waals surface area (Å²) in [4.78, 5) is 22.6. The number of fused-ring (bicyclic) bond motifs is 1. The molecule has 4 rings (SSSR count). The first-order chi connectivity index (χ1) is 14.6. The Morgan fingerprint density at radius 3 is 2.93 bits per heavy atom. The minimum Gasteiger partial charge on any atom is -0.494 e. The van der Waals surface area contributed by atoms with Gasteiger partial charge < -0.3 is 24.5 Å². The number of hydrogen-bond donors (Lipinski definition) is 3. The van der Waals surface area contributed by atoms with Crippen LogP contribution in [0.2, 0.25) is 0 Å². The second kappa shape index (κ2) is 8.90. The minimum absolute atomic E-state index is 0.167. The number of alkyl halides is 1. The highest BCUT2D eigenvalue weighted by Crippen LogP contribution is 2.33. The highest BCUT2D eigenvalue weighted by atomic mass is 35.5. The summed E-state index contributed by atoms with van der Waals surface area (Å²) in [5.74, 6) is 0.749. The standard InChI is InChI=1S/C19H23ClN6O4/c1-29-15-3-2-14(25-4-6-30-7-5-25)16-17(15)23-19(22-16)24-18(28)12-9-21-26(10-12)13(8-20)11-27/h2-3,9-10,13,27H,4-8,11H2,1H3,(H2,22,23,24,28). The first kappa shape index (κ1) is 20.5. The molecule has 1 aliphatic rings. The second-order valence-electron chi connectivity index (χ2n) is 6.85. The molecule has 1 aliphatic heterocycles. The number of halogens is 1. The first-order valence-electron chi connectivity index (χ1n) is 9.56. The number of aliphatic hydroxyl groups excluding tert-OH is 1. The lowest BCUT2D eigenvalue weighted by molar-refractivity contribution is 0.102. The van der Waals surface area contributed by atoms with Crippen LogP contribution in [-0.4, -0.2) is 76.7 Å². The number of aromatic amines is 1. The van der Waals surface area contributed by atoms with Crippen molar-refractivity contribution >= 4 is 40.2 Å². The van der Waals surface area contributed by atoms with Crippen LogP contribution in [0.3, 0.4) is 0 Å². The zero-order valence-corrected chi connectivity index (χ0v) is 17.2. The molecule has 0 bridgehead atoms. The molecule has 1 amide bonds. The van der Waals surface area contributed by atoms with Crippen molar-refractivity contribution < 1.29 is 19.4 Å². The molecule has 1 saturated heterocycles. The molecule has 11 heteroatoms. The van der Waals surface area contributed by atoms with E-state index in [0.29, 0.717) is 41.5 Å². The van der Waals surface area contributed by atoms with E-state index < -0.39 is 0 Å². The number of benzene rings is 1. The summed E-state index contributed by atoms with van der Waals surface area (Å²) in [7, 11) is 1.59. The molecule has 2 aromatic heterocycles. The fourth-order valence-electron chi connectivity index (χ4n) is 3.38. The predicted molar refractivity (Wildman–Crippen MR) is 113 cm³/mol. The van der Waals surface area contributed by atoms with Crippen molar-refractivity contribution in [3.05, 3.63) is 30.1 Å². The van der Waals surface area contributed by atoms with Crippen LogP contribution in [-0.2, 0) is 4.74 Å². The molecule has 1 fully saturated rings. The molecule has 160 valence electrons. The van der Waals surface area contributed by atoms with E-state index in [1.807, 2.05) is 12.1 Å². The van der Waals surface area contributed by atoms with E-state index in [4.69, 9.17) is 21.1 Å². The van der Waals surface area contributed by atoms with Gasteiger partial charge in [-0.2, -0.15) is 5.10 Å². The molecular weight excluding hydrogens is 412 g/mol. The highest BCUT2D eigenvalue weighted by molar-refractivity contribution is 6.18. The van der Waals surface area contributed by atoms with Gasteiger partial charge >= 0.3 is 0 Å². The summed E-state index contributed by atoms with van der Waals surface area (Å²) in [5, 5.41) is 16.2. The number of methoxy groups -OCH3 is 1. The van der Waals surface area contributed by atoms with Gasteiger partial charge in [0.25, 0.3) is 5.91 Å². The number of nitrogens with one attached hydrogen (secondary N) is 2. The molecule has 1 atom stereocenters. The van der Waals surface area contributed by atoms with Gasteiger partial charge in [-0.1, -0.05) is 0 Å². The number of H-pyrrole nitrogens is 1. The largest absolute Gasteiger partial charge is 0.494 e. The van der Waals surface area contributed by atoms with Crippen LogP contribution in [0.1, 0.15) is 16.4 Å². The second-order valence-corrected chi connectivity index (χ2v) is 7.16. The number of aliphatic hydroxyl groups is 1. The third-order valence-corrected chi connectivity index (χ3v) is 5.37. The molecule has 0 aliphatic carbocycles. The quantitative estimate of drug-likeness (QED) is 0.484. The Kier molecular flexibility index (Phi) is 6.07. The summed E-state index contributed by atoms with van der Waals surface area (Å²) >= 11 is 5.81. The summed E-state index contributed by atoms with van der Waals surface area (Å²) in [5.41, 5.74) is 2.70. The molecule has 30 heavy (non-hydrogen) atoms. The van der Waals surface area contributed by atoms with Crippen LogP contribution >= 0.6 is 11.6 Å². The fourth-order valence-corrected chi connectivity index (χ4v) is 3.62. The molecule has 1 aromatic carbocycles. The van der Waals surface area contributed by atoms with Gasteiger partial charge in [0.05, 0.1) is 50.4 Å². The van der Waals surface area contributed by atoms with Crippen molar-refractivity contribution in [3.63, 3.8) is 0 Å². The zero-order valence-electron chi connectivity index (χ0n) is 16.5. The third kappa shape index (κ3) is 3.93. The third-order valence-electron chi connectivity index (χ3n) is 5.02. The maximum Gasteiger partial charge on any atom is 0.261 e. The lowest BCUT2D eigenvalue weighted by Crippen LogP contribution is -2.36. The average Bonchev–Trinajstić information content (AvgIpc) is 3.42. The van der Waals surface area contributed by atoms with E-state index in [1.165, 1.54) is 10.9 Å². The lowest BCUT2D eigenvalue weighted by Gasteiger charge is -2.29. The van der Waals surface area contributed by atoms with Crippen molar-refractivity contribution in [1.29, 1.82) is 0 Å². The van der Waals surface area contributed by atoms with Gasteiger partial charge in [-0.3, -0.25) is 14.8 Å². The summed E-state index contributed by atoms with van der Waals surface area (Å²) in [6.45, 7) is 2.68. The monoisotopic (exact) mass is 434 g/mol. The number of anilines is 2. The number of ether oxygens (including phenoxy) is 2. The fraction of sp³-hybridized carbons (Fsp3) is 0.421. The molecule has 0 saturated carbocycles. The summed E-state index contributed by atoms with van der Waals surface area (Å²) < 4.78 is 12.4. The molecule has 3 heterocycles. The molecule has 3 aromatic rings. The Morgan fingerprint density at radius 2 is 2.23 bits per heavy atom. The number of imidazole rings is 1. The van der Waals surface area contributed by atoms with E-state index in [2.05, 4.69) is 25.3 Å². The maximum absolute atomic E-state index is 12.7. The topological polar surface area (TPSA) is 118 Å². The van der Waals surface area contributed by atoms with Crippen molar-refractivity contribution in [3.8, 4) is 5.75 Å². The molecular formula is C19H23ClN6O4. The highest BCUT2D eigenvalue weighted by Gasteiger charge is 2.20. The smallest absolute Gasteiger partial charge is 0.261 e. The van der Waals surface area contributed by atoms with Gasteiger partial charge in [0.2, 0.25) is 5.95 Å². The zero-order chi connectivity index (χ0) is 21.1. The number of aromatic nitrogens is 4. The van der Waals surface area contributed by atoms with E-state index in [0.717, 1.165) is 18.8 Å². The van der Waals surface area contributed by atoms with Crippen LogP contribution in [0.15, 0.2) is 24.5 Å². The van der Waals surface area contributed by atoms with Crippen molar-refractivity contribution in [2.45, 2.75) is 6.04 Å². The summed E-state index contributed by atoms with van der Waals surface area (Å²) in [6, 6.07) is 3.45. The number of hydrogen-bond acceptors (Lipinski definition) is 7. The van der Waals surface area contributed by atoms with Crippen LogP contribution in [0.4, 0.5) is 11.6 Å². The molecule has 1 unspecified atom stereocenters. The Bertz CT molecular complexity index is 1030. The Labute approximate surface area is 177 Å². The van der Waals surface area contributed by atoms with E-state index in [9.17, 15) is 9.90 Å². The predicted octanol–water partition coefficient (Wildman–Crippen LogP) is 1.63. The van der Waals surface area contributed by atoms with E-state index >= 15 is 0 Å². The molecule has 0 spiro atoms. The van der Waals surface area contributed by atoms with Gasteiger partial charge in [-0.25, -0.2) is 4.98 Å². The lowest BCUT2D eigenvalue weighted by atomic mass is 10.2. The van der Waals surface area contributed by atoms with E-state index in [1.54, 1.807) is 13.3 Å². The minimum atomic E-state index is -0.389. The summed E-state index contributed by atoms with van der Waals surface area (Å²) in [6.07, 6.45) is 2.97. The van der Waals surface area contributed by atoms with Crippen LogP contribution in [0.25, 0.3) is 11.0 Å². The Morgan fingerprint density at radius 1 is 1.43 bits per heavy atom. The van der Waals surface area contributed by atoms with Crippen LogP contribution < -0.4 is 15.0 Å². The van der Waals surface area contributed by atoms with Crippen molar-refractivity contribution in [2.24, 2.45) is 0 Å².